The molecule has 0 aliphatic carbocycles. The molecular weight excluding hydrogens is 350 g/mol. The van der Waals surface area contributed by atoms with Crippen molar-refractivity contribution in [3.63, 3.8) is 0 Å². The van der Waals surface area contributed by atoms with Crippen molar-refractivity contribution in [2.24, 2.45) is 0 Å². The largest absolute Gasteiger partial charge is 0.338 e. The van der Waals surface area contributed by atoms with Gasteiger partial charge in [0.1, 0.15) is 0 Å². The van der Waals surface area contributed by atoms with Crippen LogP contribution >= 0.6 is 0 Å². The van der Waals surface area contributed by atoms with Crippen LogP contribution in [0.15, 0.2) is 54.6 Å². The number of para-hydroxylation sites is 1. The number of rotatable bonds is 8. The van der Waals surface area contributed by atoms with Gasteiger partial charge in [0.25, 0.3) is 0 Å². The number of amides is 2. The number of hydrogen-bond donors (Lipinski definition) is 2. The quantitative estimate of drug-likeness (QED) is 0.696. The number of sulfonamides is 1. The van der Waals surface area contributed by atoms with Crippen LogP contribution in [0.3, 0.4) is 0 Å². The highest BCUT2D eigenvalue weighted by Gasteiger charge is 2.13. The minimum Gasteiger partial charge on any atom is -0.338 e. The summed E-state index contributed by atoms with van der Waals surface area (Å²) in [6, 6.07) is 17.1. The van der Waals surface area contributed by atoms with E-state index in [1.54, 1.807) is 6.92 Å². The van der Waals surface area contributed by atoms with Crippen LogP contribution in [-0.2, 0) is 10.0 Å². The van der Waals surface area contributed by atoms with Crippen LogP contribution in [0.2, 0.25) is 0 Å². The van der Waals surface area contributed by atoms with Gasteiger partial charge in [0.05, 0.1) is 11.9 Å². The third-order valence-corrected chi connectivity index (χ3v) is 5.33. The number of nitrogens with one attached hydrogen (secondary N) is 2. The lowest BCUT2D eigenvalue weighted by atomic mass is 10.0. The van der Waals surface area contributed by atoms with Gasteiger partial charge < -0.3 is 10.6 Å². The molecule has 0 radical (unpaired) electrons. The lowest BCUT2D eigenvalue weighted by Crippen LogP contribution is -2.34. The molecule has 7 heteroatoms. The molecule has 0 spiro atoms. The zero-order chi connectivity index (χ0) is 19.0. The number of hydrogen-bond acceptors (Lipinski definition) is 3. The molecule has 2 N–H and O–H groups in total. The minimum absolute atomic E-state index is 0.309. The van der Waals surface area contributed by atoms with Crippen molar-refractivity contribution in [3.05, 3.63) is 54.6 Å². The molecule has 0 unspecified atom stereocenters. The maximum Gasteiger partial charge on any atom is 0.319 e. The van der Waals surface area contributed by atoms with Crippen LogP contribution in [0.1, 0.15) is 13.3 Å². The minimum atomic E-state index is -3.20. The van der Waals surface area contributed by atoms with Crippen molar-refractivity contribution >= 4 is 21.7 Å². The summed E-state index contributed by atoms with van der Waals surface area (Å²) in [7, 11) is -3.20. The molecule has 2 aromatic carbocycles. The molecular formula is C19H25N3O3S. The summed E-state index contributed by atoms with van der Waals surface area (Å²) in [4.78, 5) is 12.2. The number of carbonyl (C=O) groups excluding carboxylic acids is 1. The first-order valence-electron chi connectivity index (χ1n) is 8.56. The van der Waals surface area contributed by atoms with Crippen molar-refractivity contribution in [1.29, 1.82) is 0 Å². The van der Waals surface area contributed by atoms with E-state index >= 15 is 0 Å². The van der Waals surface area contributed by atoms with Crippen molar-refractivity contribution in [3.8, 4) is 11.1 Å². The van der Waals surface area contributed by atoms with Gasteiger partial charge in [-0.1, -0.05) is 55.5 Å². The summed E-state index contributed by atoms with van der Waals surface area (Å²) in [6.07, 6.45) is 1.74. The van der Waals surface area contributed by atoms with Crippen LogP contribution in [0.5, 0.6) is 0 Å². The van der Waals surface area contributed by atoms with Crippen molar-refractivity contribution in [1.82, 2.24) is 9.62 Å². The van der Waals surface area contributed by atoms with E-state index in [2.05, 4.69) is 10.6 Å². The van der Waals surface area contributed by atoms with Crippen molar-refractivity contribution in [2.45, 2.75) is 13.3 Å². The summed E-state index contributed by atoms with van der Waals surface area (Å²) in [6.45, 7) is 3.00. The summed E-state index contributed by atoms with van der Waals surface area (Å²) in [5.41, 5.74) is 2.69. The number of anilines is 1. The first kappa shape index (κ1) is 19.9. The second-order valence-corrected chi connectivity index (χ2v) is 7.88. The van der Waals surface area contributed by atoms with Gasteiger partial charge in [0.15, 0.2) is 0 Å². The van der Waals surface area contributed by atoms with Crippen LogP contribution in [0.4, 0.5) is 10.5 Å². The first-order chi connectivity index (χ1) is 12.4. The molecule has 6 nitrogen and oxygen atoms in total. The fourth-order valence-electron chi connectivity index (χ4n) is 2.64. The van der Waals surface area contributed by atoms with Gasteiger partial charge in [-0.2, -0.15) is 0 Å². The van der Waals surface area contributed by atoms with E-state index < -0.39 is 10.0 Å². The fourth-order valence-corrected chi connectivity index (χ4v) is 3.57. The molecule has 26 heavy (non-hydrogen) atoms. The van der Waals surface area contributed by atoms with E-state index in [-0.39, 0.29) is 6.03 Å². The maximum absolute atomic E-state index is 12.2. The number of carbonyl (C=O) groups is 1. The fraction of sp³-hybridized carbons (Fsp3) is 0.316. The molecule has 0 aliphatic heterocycles. The van der Waals surface area contributed by atoms with Crippen LogP contribution in [-0.4, -0.2) is 44.6 Å². The number of benzene rings is 2. The lowest BCUT2D eigenvalue weighted by molar-refractivity contribution is 0.251. The Morgan fingerprint density at radius 2 is 1.69 bits per heavy atom. The maximum atomic E-state index is 12.2. The smallest absolute Gasteiger partial charge is 0.319 e. The highest BCUT2D eigenvalue weighted by Crippen LogP contribution is 2.27. The van der Waals surface area contributed by atoms with Crippen molar-refractivity contribution in [2.75, 3.05) is 31.2 Å². The van der Waals surface area contributed by atoms with Crippen LogP contribution < -0.4 is 10.6 Å². The molecule has 0 aromatic heterocycles. The summed E-state index contributed by atoms with van der Waals surface area (Å²) in [5.74, 6) is 0. The third-order valence-electron chi connectivity index (χ3n) is 3.95. The standard InChI is InChI=1S/C19H25N3O3S/c1-3-22(26(2,24)25)15-9-14-20-19(23)21-18-13-8-7-12-17(18)16-10-5-4-6-11-16/h4-8,10-13H,3,9,14-15H2,1-2H3,(H2,20,21,23). The second-order valence-electron chi connectivity index (χ2n) is 5.90. The van der Waals surface area contributed by atoms with E-state index in [0.29, 0.717) is 26.1 Å². The number of urea groups is 1. The van der Waals surface area contributed by atoms with E-state index in [1.165, 1.54) is 10.6 Å². The molecule has 0 bridgehead atoms. The van der Waals surface area contributed by atoms with Crippen LogP contribution in [0, 0.1) is 0 Å². The molecule has 2 aromatic rings. The van der Waals surface area contributed by atoms with Gasteiger partial charge in [-0.15, -0.1) is 0 Å². The van der Waals surface area contributed by atoms with Gasteiger partial charge in [-0.05, 0) is 18.1 Å². The molecule has 0 saturated carbocycles. The average Bonchev–Trinajstić information content (AvgIpc) is 2.62. The Bertz CT molecular complexity index is 823. The van der Waals surface area contributed by atoms with Gasteiger partial charge >= 0.3 is 6.03 Å². The highest BCUT2D eigenvalue weighted by atomic mass is 32.2. The normalized spacial score (nSPS) is 11.3. The zero-order valence-corrected chi connectivity index (χ0v) is 15.9. The highest BCUT2D eigenvalue weighted by molar-refractivity contribution is 7.88. The van der Waals surface area contributed by atoms with E-state index in [9.17, 15) is 13.2 Å². The Kier molecular flexibility index (Phi) is 7.17. The van der Waals surface area contributed by atoms with Gasteiger partial charge in [0.2, 0.25) is 10.0 Å². The average molecular weight is 375 g/mol. The Hall–Kier alpha value is -2.38. The third kappa shape index (κ3) is 5.86. The summed E-state index contributed by atoms with van der Waals surface area (Å²) >= 11 is 0. The van der Waals surface area contributed by atoms with E-state index in [1.807, 2.05) is 54.6 Å². The molecule has 0 heterocycles. The molecule has 0 aliphatic rings. The Balaban J connectivity index is 1.89. The predicted molar refractivity (Wildman–Crippen MR) is 106 cm³/mol. The van der Waals surface area contributed by atoms with E-state index in [4.69, 9.17) is 0 Å². The molecule has 2 amide bonds. The topological polar surface area (TPSA) is 78.5 Å². The Morgan fingerprint density at radius 1 is 1.04 bits per heavy atom. The summed E-state index contributed by atoms with van der Waals surface area (Å²) in [5, 5.41) is 5.63. The van der Waals surface area contributed by atoms with Gasteiger partial charge in [0, 0.05) is 25.2 Å². The molecule has 0 fully saturated rings. The van der Waals surface area contributed by atoms with E-state index in [0.717, 1.165) is 16.8 Å². The molecule has 0 atom stereocenters. The van der Waals surface area contributed by atoms with Crippen molar-refractivity contribution < 1.29 is 13.2 Å². The van der Waals surface area contributed by atoms with Gasteiger partial charge in [-0.3, -0.25) is 0 Å². The Labute approximate surface area is 155 Å². The monoisotopic (exact) mass is 375 g/mol. The molecule has 0 saturated heterocycles. The lowest BCUT2D eigenvalue weighted by Gasteiger charge is -2.17. The molecule has 2 rings (SSSR count). The Morgan fingerprint density at radius 3 is 2.35 bits per heavy atom. The van der Waals surface area contributed by atoms with Crippen LogP contribution in [0.25, 0.3) is 11.1 Å². The summed E-state index contributed by atoms with van der Waals surface area (Å²) < 4.78 is 24.4. The predicted octanol–water partition coefficient (Wildman–Crippen LogP) is 3.15. The first-order valence-corrected chi connectivity index (χ1v) is 10.4. The molecule has 140 valence electrons. The van der Waals surface area contributed by atoms with Gasteiger partial charge in [-0.25, -0.2) is 17.5 Å². The second kappa shape index (κ2) is 9.35. The zero-order valence-electron chi connectivity index (χ0n) is 15.1. The number of nitrogens with zero attached hydrogens (tertiary/aromatic N) is 1. The SMILES string of the molecule is CCN(CCCNC(=O)Nc1ccccc1-c1ccccc1)S(C)(=O)=O.